The summed E-state index contributed by atoms with van der Waals surface area (Å²) in [6.07, 6.45) is 0.849. The number of para-hydroxylation sites is 1. The molecule has 0 aliphatic rings. The summed E-state index contributed by atoms with van der Waals surface area (Å²) in [5, 5.41) is 4.16. The Labute approximate surface area is 105 Å². The average Bonchev–Trinajstić information content (AvgIpc) is 2.90. The number of nitrogens with two attached hydrogens (primary N) is 1. The number of rotatable bonds is 6. The smallest absolute Gasteiger partial charge is 0.119 e. The van der Waals surface area contributed by atoms with Crippen LogP contribution in [0.1, 0.15) is 18.0 Å². The highest BCUT2D eigenvalue weighted by atomic mass is 32.1. The molecule has 17 heavy (non-hydrogen) atoms. The second kappa shape index (κ2) is 6.39. The maximum atomic E-state index is 5.64. The third-order valence-corrected chi connectivity index (χ3v) is 3.27. The van der Waals surface area contributed by atoms with E-state index >= 15 is 0 Å². The topological polar surface area (TPSA) is 47.3 Å². The lowest BCUT2D eigenvalue weighted by Crippen LogP contribution is -2.28. The fourth-order valence-electron chi connectivity index (χ4n) is 1.63. The maximum absolute atomic E-state index is 5.64. The van der Waals surface area contributed by atoms with Gasteiger partial charge in [-0.1, -0.05) is 18.2 Å². The number of thiophene rings is 1. The number of nitrogens with one attached hydrogen (secondary N) is 1. The Hall–Kier alpha value is -1.36. The number of hydrazine groups is 1. The zero-order valence-electron chi connectivity index (χ0n) is 9.50. The molecule has 0 aliphatic heterocycles. The van der Waals surface area contributed by atoms with Crippen LogP contribution in [0, 0.1) is 0 Å². The molecule has 1 aromatic heterocycles. The molecule has 2 aromatic rings. The van der Waals surface area contributed by atoms with Gasteiger partial charge in [-0.05, 0) is 34.5 Å². The lowest BCUT2D eigenvalue weighted by Gasteiger charge is -2.15. The van der Waals surface area contributed by atoms with Crippen LogP contribution in [0.4, 0.5) is 0 Å². The predicted octanol–water partition coefficient (Wildman–Crippen LogP) is 2.72. The molecule has 0 aliphatic carbocycles. The molecule has 1 unspecified atom stereocenters. The summed E-state index contributed by atoms with van der Waals surface area (Å²) in [5.41, 5.74) is 4.03. The van der Waals surface area contributed by atoms with Gasteiger partial charge >= 0.3 is 0 Å². The third-order valence-electron chi connectivity index (χ3n) is 2.57. The zero-order chi connectivity index (χ0) is 11.9. The first-order chi connectivity index (χ1) is 8.40. The van der Waals surface area contributed by atoms with E-state index in [1.165, 1.54) is 5.56 Å². The van der Waals surface area contributed by atoms with E-state index in [0.29, 0.717) is 6.61 Å². The Morgan fingerprint density at radius 1 is 1.24 bits per heavy atom. The van der Waals surface area contributed by atoms with Crippen molar-refractivity contribution in [3.8, 4) is 5.75 Å². The molecule has 0 radical (unpaired) electrons. The van der Waals surface area contributed by atoms with Gasteiger partial charge in [0.2, 0.25) is 0 Å². The normalized spacial score (nSPS) is 12.3. The highest BCUT2D eigenvalue weighted by molar-refractivity contribution is 7.07. The van der Waals surface area contributed by atoms with E-state index in [9.17, 15) is 0 Å². The lowest BCUT2D eigenvalue weighted by atomic mass is 10.1. The van der Waals surface area contributed by atoms with Crippen molar-refractivity contribution in [3.63, 3.8) is 0 Å². The molecule has 0 saturated heterocycles. The van der Waals surface area contributed by atoms with Crippen LogP contribution in [0.5, 0.6) is 5.75 Å². The SMILES string of the molecule is NNC(CCOc1ccccc1)c1ccsc1. The average molecular weight is 248 g/mol. The van der Waals surface area contributed by atoms with Crippen LogP contribution in [-0.2, 0) is 0 Å². The van der Waals surface area contributed by atoms with E-state index in [2.05, 4.69) is 22.3 Å². The second-order valence-corrected chi connectivity index (χ2v) is 4.51. The van der Waals surface area contributed by atoms with Crippen molar-refractivity contribution in [2.24, 2.45) is 5.84 Å². The first kappa shape index (κ1) is 12.1. The minimum absolute atomic E-state index is 0.157. The van der Waals surface area contributed by atoms with Crippen LogP contribution in [-0.4, -0.2) is 6.61 Å². The van der Waals surface area contributed by atoms with Gasteiger partial charge in [0.05, 0.1) is 12.6 Å². The van der Waals surface area contributed by atoms with Gasteiger partial charge in [0.15, 0.2) is 0 Å². The van der Waals surface area contributed by atoms with E-state index in [1.54, 1.807) is 11.3 Å². The summed E-state index contributed by atoms with van der Waals surface area (Å²) in [4.78, 5) is 0. The summed E-state index contributed by atoms with van der Waals surface area (Å²) in [5.74, 6) is 6.44. The van der Waals surface area contributed by atoms with Crippen molar-refractivity contribution >= 4 is 11.3 Å². The molecule has 2 rings (SSSR count). The van der Waals surface area contributed by atoms with Crippen molar-refractivity contribution in [1.29, 1.82) is 0 Å². The van der Waals surface area contributed by atoms with Crippen LogP contribution in [0.3, 0.4) is 0 Å². The highest BCUT2D eigenvalue weighted by Gasteiger charge is 2.09. The maximum Gasteiger partial charge on any atom is 0.119 e. The molecule has 90 valence electrons. The standard InChI is InChI=1S/C13H16N2OS/c14-15-13(11-7-9-17-10-11)6-8-16-12-4-2-1-3-5-12/h1-5,7,9-10,13,15H,6,8,14H2. The Balaban J connectivity index is 1.81. The number of hydrogen-bond acceptors (Lipinski definition) is 4. The van der Waals surface area contributed by atoms with Crippen molar-refractivity contribution < 1.29 is 4.74 Å². The third kappa shape index (κ3) is 3.56. The van der Waals surface area contributed by atoms with Gasteiger partial charge < -0.3 is 4.74 Å². The number of benzene rings is 1. The summed E-state index contributed by atoms with van der Waals surface area (Å²) < 4.78 is 5.64. The second-order valence-electron chi connectivity index (χ2n) is 3.73. The van der Waals surface area contributed by atoms with E-state index in [0.717, 1.165) is 12.2 Å². The van der Waals surface area contributed by atoms with Crippen molar-refractivity contribution in [1.82, 2.24) is 5.43 Å². The van der Waals surface area contributed by atoms with Gasteiger partial charge in [0, 0.05) is 6.42 Å². The first-order valence-electron chi connectivity index (χ1n) is 5.56. The van der Waals surface area contributed by atoms with Gasteiger partial charge in [-0.15, -0.1) is 0 Å². The molecule has 0 amide bonds. The molecule has 3 N–H and O–H groups in total. The monoisotopic (exact) mass is 248 g/mol. The van der Waals surface area contributed by atoms with Crippen LogP contribution in [0.25, 0.3) is 0 Å². The Morgan fingerprint density at radius 3 is 2.71 bits per heavy atom. The highest BCUT2D eigenvalue weighted by Crippen LogP contribution is 2.19. The number of hydrogen-bond donors (Lipinski definition) is 2. The summed E-state index contributed by atoms with van der Waals surface area (Å²) in [6.45, 7) is 0.648. The molecular weight excluding hydrogens is 232 g/mol. The molecule has 1 aromatic carbocycles. The molecule has 1 atom stereocenters. The van der Waals surface area contributed by atoms with E-state index in [4.69, 9.17) is 10.6 Å². The zero-order valence-corrected chi connectivity index (χ0v) is 10.3. The molecule has 0 spiro atoms. The molecular formula is C13H16N2OS. The van der Waals surface area contributed by atoms with Crippen LogP contribution in [0.15, 0.2) is 47.2 Å². The molecule has 0 saturated carbocycles. The molecule has 4 heteroatoms. The fraction of sp³-hybridized carbons (Fsp3) is 0.231. The Bertz CT molecular complexity index is 416. The van der Waals surface area contributed by atoms with E-state index in [1.807, 2.05) is 30.3 Å². The van der Waals surface area contributed by atoms with Gasteiger partial charge in [-0.3, -0.25) is 11.3 Å². The Morgan fingerprint density at radius 2 is 2.06 bits per heavy atom. The van der Waals surface area contributed by atoms with Crippen molar-refractivity contribution in [2.75, 3.05) is 6.61 Å². The number of ether oxygens (including phenoxy) is 1. The van der Waals surface area contributed by atoms with Gasteiger partial charge in [-0.2, -0.15) is 11.3 Å². The van der Waals surface area contributed by atoms with Crippen LogP contribution in [0.2, 0.25) is 0 Å². The summed E-state index contributed by atoms with van der Waals surface area (Å²) in [6, 6.07) is 12.1. The first-order valence-corrected chi connectivity index (χ1v) is 6.50. The fourth-order valence-corrected chi connectivity index (χ4v) is 2.35. The van der Waals surface area contributed by atoms with E-state index < -0.39 is 0 Å². The molecule has 0 fully saturated rings. The van der Waals surface area contributed by atoms with Crippen LogP contribution >= 0.6 is 11.3 Å². The van der Waals surface area contributed by atoms with Gasteiger partial charge in [0.25, 0.3) is 0 Å². The predicted molar refractivity (Wildman–Crippen MR) is 70.9 cm³/mol. The van der Waals surface area contributed by atoms with Crippen molar-refractivity contribution in [2.45, 2.75) is 12.5 Å². The van der Waals surface area contributed by atoms with Crippen LogP contribution < -0.4 is 16.0 Å². The molecule has 1 heterocycles. The van der Waals surface area contributed by atoms with Gasteiger partial charge in [0.1, 0.15) is 5.75 Å². The largest absolute Gasteiger partial charge is 0.494 e. The van der Waals surface area contributed by atoms with E-state index in [-0.39, 0.29) is 6.04 Å². The quantitative estimate of drug-likeness (QED) is 0.610. The summed E-state index contributed by atoms with van der Waals surface area (Å²) >= 11 is 1.68. The molecule has 3 nitrogen and oxygen atoms in total. The minimum atomic E-state index is 0.157. The van der Waals surface area contributed by atoms with Crippen molar-refractivity contribution in [3.05, 3.63) is 52.7 Å². The minimum Gasteiger partial charge on any atom is -0.494 e. The molecule has 0 bridgehead atoms. The summed E-state index contributed by atoms with van der Waals surface area (Å²) in [7, 11) is 0. The lowest BCUT2D eigenvalue weighted by molar-refractivity contribution is 0.287. The van der Waals surface area contributed by atoms with Gasteiger partial charge in [-0.25, -0.2) is 0 Å². The Kier molecular flexibility index (Phi) is 4.55.